The minimum absolute atomic E-state index is 0.247. The lowest BCUT2D eigenvalue weighted by atomic mass is 10.3. The van der Waals surface area contributed by atoms with E-state index in [0.29, 0.717) is 12.6 Å². The van der Waals surface area contributed by atoms with Crippen LogP contribution in [-0.4, -0.2) is 38.9 Å². The molecule has 0 amide bonds. The molecule has 0 aliphatic heterocycles. The largest absolute Gasteiger partial charge is 0.468 e. The maximum Gasteiger partial charge on any atom is 0.325 e. The van der Waals surface area contributed by atoms with Gasteiger partial charge in [0.2, 0.25) is 0 Å². The summed E-state index contributed by atoms with van der Waals surface area (Å²) < 4.78 is 9.50. The molecule has 4 heteroatoms. The maximum atomic E-state index is 11.1. The molecule has 1 saturated carbocycles. The van der Waals surface area contributed by atoms with Gasteiger partial charge in [-0.2, -0.15) is 0 Å². The van der Waals surface area contributed by atoms with Crippen LogP contribution in [0.3, 0.4) is 0 Å². The van der Waals surface area contributed by atoms with Gasteiger partial charge < -0.3 is 9.47 Å². The summed E-state index contributed by atoms with van der Waals surface area (Å²) in [6.45, 7) is 0.378. The molecule has 70 valence electrons. The van der Waals surface area contributed by atoms with Crippen molar-refractivity contribution in [3.8, 4) is 0 Å². The smallest absolute Gasteiger partial charge is 0.325 e. The zero-order valence-corrected chi connectivity index (χ0v) is 7.50. The SMILES string of the molecule is COCC(NC1CC1)C(=O)OC. The summed E-state index contributed by atoms with van der Waals surface area (Å²) in [5.41, 5.74) is 0. The van der Waals surface area contributed by atoms with Crippen molar-refractivity contribution in [2.45, 2.75) is 24.9 Å². The number of methoxy groups -OCH3 is 2. The lowest BCUT2D eigenvalue weighted by Gasteiger charge is -2.14. The second kappa shape index (κ2) is 4.42. The summed E-state index contributed by atoms with van der Waals surface area (Å²) in [4.78, 5) is 11.1. The Bertz CT molecular complexity index is 156. The van der Waals surface area contributed by atoms with Crippen LogP contribution in [0.2, 0.25) is 0 Å². The first-order chi connectivity index (χ1) is 5.77. The third-order valence-corrected chi connectivity index (χ3v) is 1.83. The molecule has 1 atom stereocenters. The van der Waals surface area contributed by atoms with Gasteiger partial charge in [0.1, 0.15) is 6.04 Å². The molecule has 0 aromatic carbocycles. The van der Waals surface area contributed by atoms with E-state index in [0.717, 1.165) is 12.8 Å². The molecule has 0 aromatic rings. The molecular weight excluding hydrogens is 158 g/mol. The fraction of sp³-hybridized carbons (Fsp3) is 0.875. The molecule has 1 aliphatic carbocycles. The van der Waals surface area contributed by atoms with E-state index in [4.69, 9.17) is 4.74 Å². The summed E-state index contributed by atoms with van der Waals surface area (Å²) in [5.74, 6) is -0.247. The van der Waals surface area contributed by atoms with Gasteiger partial charge in [0.15, 0.2) is 0 Å². The summed E-state index contributed by atoms with van der Waals surface area (Å²) in [5, 5.41) is 3.14. The van der Waals surface area contributed by atoms with Crippen molar-refractivity contribution in [2.75, 3.05) is 20.8 Å². The molecule has 1 unspecified atom stereocenters. The Kier molecular flexibility index (Phi) is 3.49. The molecule has 4 nitrogen and oxygen atoms in total. The van der Waals surface area contributed by atoms with Crippen LogP contribution in [0.5, 0.6) is 0 Å². The van der Waals surface area contributed by atoms with Crippen LogP contribution in [0, 0.1) is 0 Å². The van der Waals surface area contributed by atoms with E-state index in [9.17, 15) is 4.79 Å². The molecule has 0 bridgehead atoms. The molecule has 1 rings (SSSR count). The highest BCUT2D eigenvalue weighted by Gasteiger charge is 2.28. The highest BCUT2D eigenvalue weighted by atomic mass is 16.5. The van der Waals surface area contributed by atoms with Crippen molar-refractivity contribution in [2.24, 2.45) is 0 Å². The standard InChI is InChI=1S/C8H15NO3/c1-11-5-7(8(10)12-2)9-6-3-4-6/h6-7,9H,3-5H2,1-2H3. The van der Waals surface area contributed by atoms with Crippen molar-refractivity contribution in [1.29, 1.82) is 0 Å². The number of ether oxygens (including phenoxy) is 2. The van der Waals surface area contributed by atoms with E-state index in [1.165, 1.54) is 7.11 Å². The Morgan fingerprint density at radius 3 is 2.67 bits per heavy atom. The number of carbonyl (C=O) groups excluding carboxylic acids is 1. The lowest BCUT2D eigenvalue weighted by Crippen LogP contribution is -2.42. The molecule has 12 heavy (non-hydrogen) atoms. The van der Waals surface area contributed by atoms with Gasteiger partial charge in [-0.15, -0.1) is 0 Å². The number of carbonyl (C=O) groups is 1. The Morgan fingerprint density at radius 1 is 1.58 bits per heavy atom. The van der Waals surface area contributed by atoms with Crippen molar-refractivity contribution in [3.05, 3.63) is 0 Å². The van der Waals surface area contributed by atoms with Gasteiger partial charge >= 0.3 is 5.97 Å². The number of rotatable bonds is 5. The van der Waals surface area contributed by atoms with Gasteiger partial charge in [-0.1, -0.05) is 0 Å². The first kappa shape index (κ1) is 9.48. The van der Waals surface area contributed by atoms with Gasteiger partial charge in [-0.05, 0) is 12.8 Å². The highest BCUT2D eigenvalue weighted by Crippen LogP contribution is 2.19. The topological polar surface area (TPSA) is 47.6 Å². The molecule has 0 aromatic heterocycles. The van der Waals surface area contributed by atoms with Gasteiger partial charge in [-0.3, -0.25) is 10.1 Å². The Morgan fingerprint density at radius 2 is 2.25 bits per heavy atom. The summed E-state index contributed by atoms with van der Waals surface area (Å²) in [6.07, 6.45) is 2.30. The van der Waals surface area contributed by atoms with Crippen molar-refractivity contribution in [3.63, 3.8) is 0 Å². The summed E-state index contributed by atoms with van der Waals surface area (Å²) >= 11 is 0. The Labute approximate surface area is 72.2 Å². The lowest BCUT2D eigenvalue weighted by molar-refractivity contribution is -0.144. The van der Waals surface area contributed by atoms with Crippen LogP contribution in [0.4, 0.5) is 0 Å². The van der Waals surface area contributed by atoms with E-state index in [1.807, 2.05) is 0 Å². The number of esters is 1. The number of hydrogen-bond donors (Lipinski definition) is 1. The monoisotopic (exact) mass is 173 g/mol. The fourth-order valence-corrected chi connectivity index (χ4v) is 1.03. The molecule has 1 aliphatic rings. The molecule has 0 saturated heterocycles. The van der Waals surface area contributed by atoms with Gasteiger partial charge in [0.05, 0.1) is 13.7 Å². The third-order valence-electron chi connectivity index (χ3n) is 1.83. The van der Waals surface area contributed by atoms with E-state index in [2.05, 4.69) is 10.1 Å². The molecular formula is C8H15NO3. The van der Waals surface area contributed by atoms with Gasteiger partial charge in [-0.25, -0.2) is 0 Å². The van der Waals surface area contributed by atoms with E-state index in [1.54, 1.807) is 7.11 Å². The molecule has 1 fully saturated rings. The van der Waals surface area contributed by atoms with Gasteiger partial charge in [0, 0.05) is 13.2 Å². The molecule has 0 radical (unpaired) electrons. The second-order valence-electron chi connectivity index (χ2n) is 2.97. The zero-order valence-electron chi connectivity index (χ0n) is 7.50. The number of nitrogens with one attached hydrogen (secondary N) is 1. The molecule has 0 spiro atoms. The third kappa shape index (κ3) is 2.79. The minimum Gasteiger partial charge on any atom is -0.468 e. The fourth-order valence-electron chi connectivity index (χ4n) is 1.03. The van der Waals surface area contributed by atoms with E-state index >= 15 is 0 Å². The zero-order chi connectivity index (χ0) is 8.97. The quantitative estimate of drug-likeness (QED) is 0.591. The Balaban J connectivity index is 2.30. The average molecular weight is 173 g/mol. The number of hydrogen-bond acceptors (Lipinski definition) is 4. The minimum atomic E-state index is -0.299. The van der Waals surface area contributed by atoms with Crippen LogP contribution in [-0.2, 0) is 14.3 Å². The van der Waals surface area contributed by atoms with Crippen LogP contribution in [0.25, 0.3) is 0 Å². The van der Waals surface area contributed by atoms with E-state index < -0.39 is 0 Å². The first-order valence-electron chi connectivity index (χ1n) is 4.10. The summed E-state index contributed by atoms with van der Waals surface area (Å²) in [6, 6.07) is 0.191. The Hall–Kier alpha value is -0.610. The van der Waals surface area contributed by atoms with Crippen LogP contribution in [0.15, 0.2) is 0 Å². The first-order valence-corrected chi connectivity index (χ1v) is 4.10. The van der Waals surface area contributed by atoms with E-state index in [-0.39, 0.29) is 12.0 Å². The van der Waals surface area contributed by atoms with Crippen molar-refractivity contribution in [1.82, 2.24) is 5.32 Å². The van der Waals surface area contributed by atoms with Crippen LogP contribution < -0.4 is 5.32 Å². The molecule has 1 N–H and O–H groups in total. The van der Waals surface area contributed by atoms with Crippen molar-refractivity contribution >= 4 is 5.97 Å². The highest BCUT2D eigenvalue weighted by molar-refractivity contribution is 5.75. The predicted octanol–water partition coefficient (Wildman–Crippen LogP) is -0.0736. The normalized spacial score (nSPS) is 18.8. The van der Waals surface area contributed by atoms with Crippen molar-refractivity contribution < 1.29 is 14.3 Å². The average Bonchev–Trinajstić information content (AvgIpc) is 2.86. The molecule has 0 heterocycles. The van der Waals surface area contributed by atoms with Crippen LogP contribution >= 0.6 is 0 Å². The predicted molar refractivity (Wildman–Crippen MR) is 43.8 cm³/mol. The van der Waals surface area contributed by atoms with Crippen LogP contribution in [0.1, 0.15) is 12.8 Å². The summed E-state index contributed by atoms with van der Waals surface area (Å²) in [7, 11) is 2.96. The second-order valence-corrected chi connectivity index (χ2v) is 2.97. The van der Waals surface area contributed by atoms with Gasteiger partial charge in [0.25, 0.3) is 0 Å². The maximum absolute atomic E-state index is 11.1.